The van der Waals surface area contributed by atoms with Gasteiger partial charge >= 0.3 is 6.09 Å². The van der Waals surface area contributed by atoms with Crippen LogP contribution >= 0.6 is 0 Å². The molecule has 1 atom stereocenters. The summed E-state index contributed by atoms with van der Waals surface area (Å²) >= 11 is 0. The van der Waals surface area contributed by atoms with Crippen LogP contribution in [0.3, 0.4) is 0 Å². The maximum absolute atomic E-state index is 12.7. The number of rotatable bonds is 6. The lowest BCUT2D eigenvalue weighted by Crippen LogP contribution is -2.52. The Morgan fingerprint density at radius 1 is 1.21 bits per heavy atom. The SMILES string of the molecule is CC(C)C1COC(=O)N1C1CCN(C(=O)CN(C)S(=O)(=O)c2ccccc2)CC1. The van der Waals surface area contributed by atoms with Crippen molar-refractivity contribution in [2.24, 2.45) is 5.92 Å². The molecule has 0 bridgehead atoms. The predicted molar refractivity (Wildman–Crippen MR) is 108 cm³/mol. The minimum absolute atomic E-state index is 0.0484. The van der Waals surface area contributed by atoms with E-state index in [1.54, 1.807) is 23.1 Å². The monoisotopic (exact) mass is 423 g/mol. The summed E-state index contributed by atoms with van der Waals surface area (Å²) in [6.45, 7) is 5.34. The maximum atomic E-state index is 12.7. The third kappa shape index (κ3) is 4.56. The van der Waals surface area contributed by atoms with Gasteiger partial charge in [0.2, 0.25) is 15.9 Å². The number of carbonyl (C=O) groups is 2. The van der Waals surface area contributed by atoms with Crippen LogP contribution in [0.4, 0.5) is 4.79 Å². The largest absolute Gasteiger partial charge is 0.447 e. The number of cyclic esters (lactones) is 1. The highest BCUT2D eigenvalue weighted by atomic mass is 32.2. The smallest absolute Gasteiger partial charge is 0.410 e. The van der Waals surface area contributed by atoms with Gasteiger partial charge in [0, 0.05) is 26.2 Å². The van der Waals surface area contributed by atoms with E-state index in [9.17, 15) is 18.0 Å². The average molecular weight is 424 g/mol. The summed E-state index contributed by atoms with van der Waals surface area (Å²) in [5, 5.41) is 0. The molecule has 0 aliphatic carbocycles. The van der Waals surface area contributed by atoms with Gasteiger partial charge in [-0.15, -0.1) is 0 Å². The molecule has 160 valence electrons. The molecule has 1 aromatic rings. The zero-order chi connectivity index (χ0) is 21.2. The first kappa shape index (κ1) is 21.6. The van der Waals surface area contributed by atoms with Crippen LogP contribution in [0, 0.1) is 5.92 Å². The third-order valence-corrected chi connectivity index (χ3v) is 7.55. The number of amides is 2. The molecule has 0 saturated carbocycles. The fourth-order valence-corrected chi connectivity index (χ4v) is 5.06. The standard InChI is InChI=1S/C20H29N3O5S/c1-15(2)18-14-28-20(25)23(18)16-9-11-22(12-10-16)19(24)13-21(3)29(26,27)17-7-5-4-6-8-17/h4-8,15-16,18H,9-14H2,1-3H3. The van der Waals surface area contributed by atoms with Crippen molar-refractivity contribution in [3.63, 3.8) is 0 Å². The van der Waals surface area contributed by atoms with Gasteiger partial charge in [-0.2, -0.15) is 4.31 Å². The molecule has 1 aromatic carbocycles. The zero-order valence-electron chi connectivity index (χ0n) is 17.2. The molecule has 2 amide bonds. The fraction of sp³-hybridized carbons (Fsp3) is 0.600. The van der Waals surface area contributed by atoms with Crippen LogP contribution in [-0.2, 0) is 19.6 Å². The van der Waals surface area contributed by atoms with Gasteiger partial charge in [0.15, 0.2) is 0 Å². The summed E-state index contributed by atoms with van der Waals surface area (Å²) in [5.74, 6) is 0.0767. The van der Waals surface area contributed by atoms with Crippen LogP contribution in [0.5, 0.6) is 0 Å². The molecule has 3 rings (SSSR count). The molecule has 0 N–H and O–H groups in total. The lowest BCUT2D eigenvalue weighted by Gasteiger charge is -2.39. The van der Waals surface area contributed by atoms with E-state index in [-0.39, 0.29) is 35.5 Å². The number of likely N-dealkylation sites (tertiary alicyclic amines) is 1. The second-order valence-corrected chi connectivity index (χ2v) is 10.0. The van der Waals surface area contributed by atoms with Crippen molar-refractivity contribution in [1.29, 1.82) is 0 Å². The van der Waals surface area contributed by atoms with Crippen molar-refractivity contribution in [1.82, 2.24) is 14.1 Å². The Labute approximate surface area is 172 Å². The number of nitrogens with zero attached hydrogens (tertiary/aromatic N) is 3. The highest BCUT2D eigenvalue weighted by Crippen LogP contribution is 2.27. The van der Waals surface area contributed by atoms with Gasteiger partial charge < -0.3 is 9.64 Å². The van der Waals surface area contributed by atoms with Crippen LogP contribution in [0.25, 0.3) is 0 Å². The van der Waals surface area contributed by atoms with E-state index < -0.39 is 10.0 Å². The fourth-order valence-electron chi connectivity index (χ4n) is 3.92. The number of hydrogen-bond acceptors (Lipinski definition) is 5. The molecule has 8 nitrogen and oxygen atoms in total. The van der Waals surface area contributed by atoms with Gasteiger partial charge in [0.1, 0.15) is 6.61 Å². The summed E-state index contributed by atoms with van der Waals surface area (Å²) in [5.41, 5.74) is 0. The van der Waals surface area contributed by atoms with Crippen molar-refractivity contribution in [2.75, 3.05) is 33.3 Å². The minimum Gasteiger partial charge on any atom is -0.447 e. The third-order valence-electron chi connectivity index (χ3n) is 5.74. The average Bonchev–Trinajstić information content (AvgIpc) is 3.10. The van der Waals surface area contributed by atoms with Gasteiger partial charge in [-0.3, -0.25) is 9.69 Å². The molecule has 0 spiro atoms. The Morgan fingerprint density at radius 2 is 1.83 bits per heavy atom. The second-order valence-electron chi connectivity index (χ2n) is 7.98. The number of ether oxygens (including phenoxy) is 1. The summed E-state index contributed by atoms with van der Waals surface area (Å²) in [6, 6.07) is 8.20. The summed E-state index contributed by atoms with van der Waals surface area (Å²) in [4.78, 5) is 28.5. The number of piperidine rings is 1. The van der Waals surface area contributed by atoms with Gasteiger partial charge in [0.25, 0.3) is 0 Å². The number of likely N-dealkylation sites (N-methyl/N-ethyl adjacent to an activating group) is 1. The minimum atomic E-state index is -3.70. The molecule has 1 unspecified atom stereocenters. The molecule has 2 fully saturated rings. The normalized spacial score (nSPS) is 21.1. The summed E-state index contributed by atoms with van der Waals surface area (Å²) in [6.07, 6.45) is 1.06. The summed E-state index contributed by atoms with van der Waals surface area (Å²) < 4.78 is 31.5. The molecule has 2 saturated heterocycles. The first-order valence-corrected chi connectivity index (χ1v) is 11.4. The Bertz CT molecular complexity index is 835. The van der Waals surface area contributed by atoms with Crippen molar-refractivity contribution < 1.29 is 22.7 Å². The van der Waals surface area contributed by atoms with Crippen LogP contribution in [0.2, 0.25) is 0 Å². The Kier molecular flexibility index (Phi) is 6.48. The quantitative estimate of drug-likeness (QED) is 0.696. The van der Waals surface area contributed by atoms with E-state index in [1.165, 1.54) is 19.2 Å². The highest BCUT2D eigenvalue weighted by Gasteiger charge is 2.41. The number of benzene rings is 1. The maximum Gasteiger partial charge on any atom is 0.410 e. The second kappa shape index (κ2) is 8.71. The molecule has 2 aliphatic heterocycles. The van der Waals surface area contributed by atoms with Crippen LogP contribution in [0.15, 0.2) is 35.2 Å². The Hall–Kier alpha value is -2.13. The number of carbonyl (C=O) groups excluding carboxylic acids is 2. The van der Waals surface area contributed by atoms with Crippen molar-refractivity contribution >= 4 is 22.0 Å². The zero-order valence-corrected chi connectivity index (χ0v) is 18.0. The lowest BCUT2D eigenvalue weighted by atomic mass is 9.97. The predicted octanol–water partition coefficient (Wildman–Crippen LogP) is 1.77. The van der Waals surface area contributed by atoms with Crippen LogP contribution < -0.4 is 0 Å². The first-order valence-electron chi connectivity index (χ1n) is 9.96. The van der Waals surface area contributed by atoms with Crippen LogP contribution in [0.1, 0.15) is 26.7 Å². The van der Waals surface area contributed by atoms with Gasteiger partial charge in [-0.25, -0.2) is 13.2 Å². The highest BCUT2D eigenvalue weighted by molar-refractivity contribution is 7.89. The molecular weight excluding hydrogens is 394 g/mol. The topological polar surface area (TPSA) is 87.2 Å². The first-order chi connectivity index (χ1) is 13.7. The van der Waals surface area contributed by atoms with E-state index in [4.69, 9.17) is 4.74 Å². The van der Waals surface area contributed by atoms with E-state index in [1.807, 2.05) is 4.90 Å². The van der Waals surface area contributed by atoms with E-state index in [0.717, 1.165) is 4.31 Å². The molecule has 29 heavy (non-hydrogen) atoms. The lowest BCUT2D eigenvalue weighted by molar-refractivity contribution is -0.132. The summed E-state index contributed by atoms with van der Waals surface area (Å²) in [7, 11) is -2.29. The number of hydrogen-bond donors (Lipinski definition) is 0. The van der Waals surface area contributed by atoms with Crippen molar-refractivity contribution in [3.05, 3.63) is 30.3 Å². The molecule has 0 aromatic heterocycles. The Balaban J connectivity index is 1.57. The van der Waals surface area contributed by atoms with Gasteiger partial charge in [-0.1, -0.05) is 32.0 Å². The molecular formula is C20H29N3O5S. The molecule has 9 heteroatoms. The molecule has 2 heterocycles. The number of sulfonamides is 1. The van der Waals surface area contributed by atoms with Crippen molar-refractivity contribution in [3.8, 4) is 0 Å². The van der Waals surface area contributed by atoms with Crippen molar-refractivity contribution in [2.45, 2.75) is 43.7 Å². The van der Waals surface area contributed by atoms with E-state index >= 15 is 0 Å². The van der Waals surface area contributed by atoms with Gasteiger partial charge in [-0.05, 0) is 30.9 Å². The molecule has 0 radical (unpaired) electrons. The van der Waals surface area contributed by atoms with E-state index in [2.05, 4.69) is 13.8 Å². The van der Waals surface area contributed by atoms with Crippen LogP contribution in [-0.4, -0.2) is 79.9 Å². The van der Waals surface area contributed by atoms with Gasteiger partial charge in [0.05, 0.1) is 17.5 Å². The van der Waals surface area contributed by atoms with E-state index in [0.29, 0.717) is 38.5 Å². The Morgan fingerprint density at radius 3 is 2.41 bits per heavy atom. The molecule has 2 aliphatic rings.